The van der Waals surface area contributed by atoms with E-state index in [1.165, 1.54) is 10.8 Å². The first kappa shape index (κ1) is 14.0. The van der Waals surface area contributed by atoms with Crippen molar-refractivity contribution in [1.82, 2.24) is 13.9 Å². The van der Waals surface area contributed by atoms with Crippen LogP contribution in [0.15, 0.2) is 11.2 Å². The Morgan fingerprint density at radius 3 is 2.63 bits per heavy atom. The third-order valence-electron chi connectivity index (χ3n) is 3.18. The molecular formula is C10H15N3O5S. The molecule has 0 bridgehead atoms. The minimum atomic E-state index is -4.01. The Hall–Kier alpha value is -1.45. The minimum Gasteiger partial charge on any atom is -0.480 e. The van der Waals surface area contributed by atoms with Crippen LogP contribution in [0.25, 0.3) is 0 Å². The number of rotatable bonds is 3. The van der Waals surface area contributed by atoms with E-state index in [-0.39, 0.29) is 18.0 Å². The van der Waals surface area contributed by atoms with Gasteiger partial charge in [0, 0.05) is 26.2 Å². The first-order valence-electron chi connectivity index (χ1n) is 5.66. The SMILES string of the molecule is Cc1nc(S(=O)(=O)N2CC(O)CC2C(=O)O)cn1C. The number of nitrogens with zero attached hydrogens (tertiary/aromatic N) is 3. The molecule has 9 heteroatoms. The van der Waals surface area contributed by atoms with Crippen molar-refractivity contribution in [3.8, 4) is 0 Å². The summed E-state index contributed by atoms with van der Waals surface area (Å²) in [6.45, 7) is 1.42. The van der Waals surface area contributed by atoms with E-state index in [4.69, 9.17) is 5.11 Å². The van der Waals surface area contributed by atoms with Crippen LogP contribution in [0.4, 0.5) is 0 Å². The summed E-state index contributed by atoms with van der Waals surface area (Å²) in [5, 5.41) is 18.3. The third kappa shape index (κ3) is 2.36. The molecule has 8 nitrogen and oxygen atoms in total. The zero-order valence-corrected chi connectivity index (χ0v) is 11.3. The van der Waals surface area contributed by atoms with Crippen LogP contribution in [-0.4, -0.2) is 57.1 Å². The number of hydrogen-bond donors (Lipinski definition) is 2. The molecule has 2 heterocycles. The van der Waals surface area contributed by atoms with Gasteiger partial charge in [0.2, 0.25) is 0 Å². The lowest BCUT2D eigenvalue weighted by atomic mass is 10.2. The first-order valence-corrected chi connectivity index (χ1v) is 7.10. The molecule has 19 heavy (non-hydrogen) atoms. The summed E-state index contributed by atoms with van der Waals surface area (Å²) in [6.07, 6.45) is 0.245. The van der Waals surface area contributed by atoms with Crippen molar-refractivity contribution in [2.24, 2.45) is 7.05 Å². The Bertz CT molecular complexity index is 589. The molecule has 1 aromatic heterocycles. The zero-order valence-electron chi connectivity index (χ0n) is 10.5. The molecule has 1 aliphatic heterocycles. The molecule has 2 N–H and O–H groups in total. The quantitative estimate of drug-likeness (QED) is 0.733. The monoisotopic (exact) mass is 289 g/mol. The van der Waals surface area contributed by atoms with Crippen LogP contribution in [0.2, 0.25) is 0 Å². The van der Waals surface area contributed by atoms with Crippen LogP contribution in [0.5, 0.6) is 0 Å². The van der Waals surface area contributed by atoms with Gasteiger partial charge in [0.25, 0.3) is 10.0 Å². The largest absolute Gasteiger partial charge is 0.480 e. The number of imidazole rings is 1. The van der Waals surface area contributed by atoms with Crippen molar-refractivity contribution in [3.05, 3.63) is 12.0 Å². The van der Waals surface area contributed by atoms with Gasteiger partial charge < -0.3 is 14.8 Å². The van der Waals surface area contributed by atoms with Gasteiger partial charge >= 0.3 is 5.97 Å². The lowest BCUT2D eigenvalue weighted by Crippen LogP contribution is -2.40. The first-order chi connectivity index (χ1) is 8.73. The number of aromatic nitrogens is 2. The average Bonchev–Trinajstić information content (AvgIpc) is 2.84. The van der Waals surface area contributed by atoms with Crippen molar-refractivity contribution in [2.75, 3.05) is 6.54 Å². The Balaban J connectivity index is 2.41. The highest BCUT2D eigenvalue weighted by Crippen LogP contribution is 2.26. The Labute approximate surface area is 110 Å². The van der Waals surface area contributed by atoms with Gasteiger partial charge in [-0.25, -0.2) is 13.4 Å². The Morgan fingerprint density at radius 2 is 2.16 bits per heavy atom. The fraction of sp³-hybridized carbons (Fsp3) is 0.600. The molecular weight excluding hydrogens is 274 g/mol. The summed E-state index contributed by atoms with van der Waals surface area (Å²) in [4.78, 5) is 15.0. The third-order valence-corrected chi connectivity index (χ3v) is 4.92. The number of aliphatic hydroxyl groups excluding tert-OH is 1. The topological polar surface area (TPSA) is 113 Å². The molecule has 1 saturated heterocycles. The summed E-state index contributed by atoms with van der Waals surface area (Å²) >= 11 is 0. The standard InChI is InChI=1S/C10H15N3O5S/c1-6-11-9(5-12(6)2)19(17,18)13-4-7(14)3-8(13)10(15)16/h5,7-8,14H,3-4H2,1-2H3,(H,15,16). The van der Waals surface area contributed by atoms with E-state index in [1.807, 2.05) is 0 Å². The van der Waals surface area contributed by atoms with Crippen LogP contribution in [0.1, 0.15) is 12.2 Å². The maximum atomic E-state index is 12.3. The lowest BCUT2D eigenvalue weighted by molar-refractivity contribution is -0.140. The second kappa shape index (κ2) is 4.58. The molecule has 0 aromatic carbocycles. The molecule has 106 valence electrons. The van der Waals surface area contributed by atoms with Crippen LogP contribution < -0.4 is 0 Å². The molecule has 1 aliphatic rings. The predicted molar refractivity (Wildman–Crippen MR) is 63.9 cm³/mol. The van der Waals surface area contributed by atoms with Gasteiger partial charge in [-0.2, -0.15) is 4.31 Å². The molecule has 0 aliphatic carbocycles. The maximum absolute atomic E-state index is 12.3. The van der Waals surface area contributed by atoms with Crippen molar-refractivity contribution < 1.29 is 23.4 Å². The number of aliphatic hydroxyl groups is 1. The smallest absolute Gasteiger partial charge is 0.322 e. The molecule has 1 aromatic rings. The van der Waals surface area contributed by atoms with E-state index < -0.39 is 28.1 Å². The second-order valence-electron chi connectivity index (χ2n) is 4.56. The van der Waals surface area contributed by atoms with E-state index in [2.05, 4.69) is 4.98 Å². The summed E-state index contributed by atoms with van der Waals surface area (Å²) in [6, 6.07) is -1.25. The number of sulfonamides is 1. The van der Waals surface area contributed by atoms with Crippen LogP contribution in [0.3, 0.4) is 0 Å². The molecule has 2 rings (SSSR count). The Kier molecular flexibility index (Phi) is 3.37. The maximum Gasteiger partial charge on any atom is 0.322 e. The molecule has 0 amide bonds. The summed E-state index contributed by atoms with van der Waals surface area (Å²) in [5.74, 6) is -0.766. The molecule has 0 spiro atoms. The summed E-state index contributed by atoms with van der Waals surface area (Å²) in [5.41, 5.74) is 0. The molecule has 2 unspecified atom stereocenters. The molecule has 1 fully saturated rings. The van der Waals surface area contributed by atoms with E-state index in [1.54, 1.807) is 14.0 Å². The van der Waals surface area contributed by atoms with Gasteiger partial charge in [-0.1, -0.05) is 0 Å². The number of aliphatic carboxylic acids is 1. The number of carboxylic acid groups (broad SMARTS) is 1. The van der Waals surface area contributed by atoms with E-state index in [0.717, 1.165) is 4.31 Å². The number of carbonyl (C=O) groups is 1. The highest BCUT2D eigenvalue weighted by atomic mass is 32.2. The van der Waals surface area contributed by atoms with E-state index in [0.29, 0.717) is 5.82 Å². The normalized spacial score (nSPS) is 24.8. The van der Waals surface area contributed by atoms with Gasteiger partial charge in [-0.15, -0.1) is 0 Å². The van der Waals surface area contributed by atoms with Gasteiger partial charge in [-0.3, -0.25) is 4.79 Å². The molecule has 0 saturated carbocycles. The average molecular weight is 289 g/mol. The molecule has 2 atom stereocenters. The van der Waals surface area contributed by atoms with Crippen molar-refractivity contribution >= 4 is 16.0 Å². The van der Waals surface area contributed by atoms with Gasteiger partial charge in [0.05, 0.1) is 6.10 Å². The van der Waals surface area contributed by atoms with Crippen molar-refractivity contribution in [2.45, 2.75) is 30.5 Å². The summed E-state index contributed by atoms with van der Waals surface area (Å²) < 4.78 is 27.0. The predicted octanol–water partition coefficient (Wildman–Crippen LogP) is -1.06. The molecule has 0 radical (unpaired) electrons. The zero-order chi connectivity index (χ0) is 14.4. The second-order valence-corrected chi connectivity index (χ2v) is 6.39. The van der Waals surface area contributed by atoms with Crippen molar-refractivity contribution in [3.63, 3.8) is 0 Å². The van der Waals surface area contributed by atoms with E-state index in [9.17, 15) is 18.3 Å². The fourth-order valence-corrected chi connectivity index (χ4v) is 3.70. The van der Waals surface area contributed by atoms with Crippen molar-refractivity contribution in [1.29, 1.82) is 0 Å². The van der Waals surface area contributed by atoms with Crippen LogP contribution in [-0.2, 0) is 21.9 Å². The lowest BCUT2D eigenvalue weighted by Gasteiger charge is -2.19. The highest BCUT2D eigenvalue weighted by molar-refractivity contribution is 7.89. The summed E-state index contributed by atoms with van der Waals surface area (Å²) in [7, 11) is -2.36. The van der Waals surface area contributed by atoms with Crippen LogP contribution >= 0.6 is 0 Å². The van der Waals surface area contributed by atoms with Gasteiger partial charge in [0.15, 0.2) is 5.03 Å². The fourth-order valence-electron chi connectivity index (χ4n) is 2.05. The number of β-amino-alcohol motifs (C(OH)–C–C–N with tert-alkyl or cyclic N) is 1. The minimum absolute atomic E-state index is 0.111. The Morgan fingerprint density at radius 1 is 1.53 bits per heavy atom. The van der Waals surface area contributed by atoms with Gasteiger partial charge in [-0.05, 0) is 6.92 Å². The highest BCUT2D eigenvalue weighted by Gasteiger charge is 2.44. The number of carboxylic acids is 1. The number of hydrogen-bond acceptors (Lipinski definition) is 5. The van der Waals surface area contributed by atoms with Gasteiger partial charge in [0.1, 0.15) is 11.9 Å². The number of aryl methyl sites for hydroxylation is 2. The van der Waals surface area contributed by atoms with Crippen LogP contribution in [0, 0.1) is 6.92 Å². The van der Waals surface area contributed by atoms with E-state index >= 15 is 0 Å².